The van der Waals surface area contributed by atoms with Crippen molar-refractivity contribution in [2.24, 2.45) is 5.92 Å². The van der Waals surface area contributed by atoms with Crippen molar-refractivity contribution in [2.75, 3.05) is 13.1 Å². The minimum Gasteiger partial charge on any atom is -0.342 e. The smallest absolute Gasteiger partial charge is 0.222 e. The normalized spacial score (nSPS) is 24.3. The summed E-state index contributed by atoms with van der Waals surface area (Å²) >= 11 is 0. The van der Waals surface area contributed by atoms with Gasteiger partial charge in [-0.05, 0) is 37.7 Å². The van der Waals surface area contributed by atoms with Crippen LogP contribution >= 0.6 is 0 Å². The molecule has 0 radical (unpaired) electrons. The van der Waals surface area contributed by atoms with E-state index in [9.17, 15) is 4.79 Å². The van der Waals surface area contributed by atoms with Crippen molar-refractivity contribution < 1.29 is 4.79 Å². The first kappa shape index (κ1) is 12.7. The lowest BCUT2D eigenvalue weighted by atomic mass is 10.0. The minimum atomic E-state index is 0.367. The van der Waals surface area contributed by atoms with E-state index in [-0.39, 0.29) is 0 Å². The maximum Gasteiger partial charge on any atom is 0.222 e. The average molecular weight is 261 g/mol. The number of nitrogens with zero attached hydrogens (tertiary/aromatic N) is 2. The highest BCUT2D eigenvalue weighted by Gasteiger charge is 2.30. The molecule has 1 saturated carbocycles. The molecule has 2 aliphatic rings. The van der Waals surface area contributed by atoms with E-state index in [2.05, 4.69) is 22.0 Å². The van der Waals surface area contributed by atoms with Crippen LogP contribution in [0.1, 0.15) is 55.7 Å². The molecule has 0 bridgehead atoms. The molecule has 2 heterocycles. The SMILES string of the molecule is Cc1cn[nH]c1[C@@H]1CCN(C(=O)CC2CCCC2)C1. The van der Waals surface area contributed by atoms with E-state index in [1.54, 1.807) is 0 Å². The Bertz CT molecular complexity index is 448. The quantitative estimate of drug-likeness (QED) is 0.909. The van der Waals surface area contributed by atoms with Gasteiger partial charge >= 0.3 is 0 Å². The van der Waals surface area contributed by atoms with Crippen molar-refractivity contribution in [1.29, 1.82) is 0 Å². The third kappa shape index (κ3) is 2.67. The second-order valence-corrected chi connectivity index (χ2v) is 6.15. The van der Waals surface area contributed by atoms with Crippen LogP contribution in [-0.4, -0.2) is 34.1 Å². The highest BCUT2D eigenvalue weighted by molar-refractivity contribution is 5.76. The summed E-state index contributed by atoms with van der Waals surface area (Å²) in [6.07, 6.45) is 8.85. The first-order valence-electron chi connectivity index (χ1n) is 7.51. The van der Waals surface area contributed by atoms with E-state index in [1.807, 2.05) is 6.20 Å². The highest BCUT2D eigenvalue weighted by Crippen LogP contribution is 2.31. The van der Waals surface area contributed by atoms with Gasteiger partial charge in [-0.15, -0.1) is 0 Å². The van der Waals surface area contributed by atoms with Crippen LogP contribution in [0.5, 0.6) is 0 Å². The van der Waals surface area contributed by atoms with Gasteiger partial charge in [-0.1, -0.05) is 12.8 Å². The highest BCUT2D eigenvalue weighted by atomic mass is 16.2. The fourth-order valence-corrected chi connectivity index (χ4v) is 3.58. The third-order valence-corrected chi connectivity index (χ3v) is 4.76. The molecule has 1 aliphatic heterocycles. The Morgan fingerprint density at radius 3 is 2.89 bits per heavy atom. The average Bonchev–Trinajstić information content (AvgIpc) is 3.08. The van der Waals surface area contributed by atoms with Crippen LogP contribution in [0.2, 0.25) is 0 Å². The van der Waals surface area contributed by atoms with Gasteiger partial charge in [-0.25, -0.2) is 0 Å². The van der Waals surface area contributed by atoms with Gasteiger partial charge in [0.2, 0.25) is 5.91 Å². The first-order chi connectivity index (χ1) is 9.24. The Kier molecular flexibility index (Phi) is 3.58. The van der Waals surface area contributed by atoms with E-state index < -0.39 is 0 Å². The number of nitrogens with one attached hydrogen (secondary N) is 1. The Morgan fingerprint density at radius 1 is 1.42 bits per heavy atom. The van der Waals surface area contributed by atoms with Gasteiger partial charge < -0.3 is 4.90 Å². The standard InChI is InChI=1S/C15H23N3O/c1-11-9-16-17-15(11)13-6-7-18(10-13)14(19)8-12-4-2-3-5-12/h9,12-13H,2-8,10H2,1H3,(H,16,17)/t13-/m1/s1. The lowest BCUT2D eigenvalue weighted by molar-refractivity contribution is -0.131. The van der Waals surface area contributed by atoms with Crippen LogP contribution in [0.15, 0.2) is 6.20 Å². The lowest BCUT2D eigenvalue weighted by Crippen LogP contribution is -2.29. The third-order valence-electron chi connectivity index (χ3n) is 4.76. The molecule has 0 unspecified atom stereocenters. The summed E-state index contributed by atoms with van der Waals surface area (Å²) in [5.74, 6) is 1.47. The molecule has 1 aromatic heterocycles. The predicted molar refractivity (Wildman–Crippen MR) is 73.8 cm³/mol. The number of likely N-dealkylation sites (tertiary alicyclic amines) is 1. The van der Waals surface area contributed by atoms with E-state index in [0.29, 0.717) is 17.7 Å². The van der Waals surface area contributed by atoms with Crippen molar-refractivity contribution in [1.82, 2.24) is 15.1 Å². The van der Waals surface area contributed by atoms with Crippen LogP contribution in [-0.2, 0) is 4.79 Å². The van der Waals surface area contributed by atoms with Crippen LogP contribution in [0.4, 0.5) is 0 Å². The summed E-state index contributed by atoms with van der Waals surface area (Å²) in [5, 5.41) is 7.18. The summed E-state index contributed by atoms with van der Waals surface area (Å²) in [5.41, 5.74) is 2.44. The zero-order valence-corrected chi connectivity index (χ0v) is 11.7. The summed E-state index contributed by atoms with van der Waals surface area (Å²) in [6, 6.07) is 0. The van der Waals surface area contributed by atoms with Gasteiger partial charge in [-0.3, -0.25) is 9.89 Å². The molecular weight excluding hydrogens is 238 g/mol. The summed E-state index contributed by atoms with van der Waals surface area (Å²) < 4.78 is 0. The van der Waals surface area contributed by atoms with Crippen LogP contribution in [0, 0.1) is 12.8 Å². The number of aromatic nitrogens is 2. The molecule has 0 aromatic carbocycles. The molecule has 1 atom stereocenters. The number of aryl methyl sites for hydroxylation is 1. The molecule has 19 heavy (non-hydrogen) atoms. The molecular formula is C15H23N3O. The Morgan fingerprint density at radius 2 is 2.21 bits per heavy atom. The maximum absolute atomic E-state index is 12.3. The number of carbonyl (C=O) groups excluding carboxylic acids is 1. The fraction of sp³-hybridized carbons (Fsp3) is 0.733. The summed E-state index contributed by atoms with van der Waals surface area (Å²) in [7, 11) is 0. The zero-order chi connectivity index (χ0) is 13.2. The molecule has 1 saturated heterocycles. The van der Waals surface area contributed by atoms with E-state index >= 15 is 0 Å². The maximum atomic E-state index is 12.3. The number of hydrogen-bond donors (Lipinski definition) is 1. The minimum absolute atomic E-state index is 0.367. The van der Waals surface area contributed by atoms with Gasteiger partial charge in [0.25, 0.3) is 0 Å². The summed E-state index contributed by atoms with van der Waals surface area (Å²) in [4.78, 5) is 14.4. The number of H-pyrrole nitrogens is 1. The fourth-order valence-electron chi connectivity index (χ4n) is 3.58. The van der Waals surface area contributed by atoms with E-state index in [4.69, 9.17) is 0 Å². The van der Waals surface area contributed by atoms with Gasteiger partial charge in [0.1, 0.15) is 0 Å². The predicted octanol–water partition coefficient (Wildman–Crippen LogP) is 2.61. The van der Waals surface area contributed by atoms with Crippen LogP contribution in [0.3, 0.4) is 0 Å². The first-order valence-corrected chi connectivity index (χ1v) is 7.51. The molecule has 1 aromatic rings. The number of amides is 1. The number of carbonyl (C=O) groups is 1. The molecule has 4 heteroatoms. The molecule has 1 amide bonds. The molecule has 3 rings (SSSR count). The number of hydrogen-bond acceptors (Lipinski definition) is 2. The van der Waals surface area contributed by atoms with Crippen LogP contribution in [0.25, 0.3) is 0 Å². The number of rotatable bonds is 3. The van der Waals surface area contributed by atoms with E-state index in [1.165, 1.54) is 36.9 Å². The van der Waals surface area contributed by atoms with Crippen molar-refractivity contribution in [3.05, 3.63) is 17.5 Å². The molecule has 104 valence electrons. The lowest BCUT2D eigenvalue weighted by Gasteiger charge is -2.18. The van der Waals surface area contributed by atoms with Crippen LogP contribution < -0.4 is 0 Å². The molecule has 1 aliphatic carbocycles. The van der Waals surface area contributed by atoms with E-state index in [0.717, 1.165) is 25.9 Å². The second-order valence-electron chi connectivity index (χ2n) is 6.15. The topological polar surface area (TPSA) is 49.0 Å². The molecule has 0 spiro atoms. The summed E-state index contributed by atoms with van der Waals surface area (Å²) in [6.45, 7) is 3.87. The van der Waals surface area contributed by atoms with Crippen molar-refractivity contribution in [2.45, 2.75) is 51.4 Å². The molecule has 4 nitrogen and oxygen atoms in total. The van der Waals surface area contributed by atoms with Gasteiger partial charge in [0, 0.05) is 31.1 Å². The van der Waals surface area contributed by atoms with Gasteiger partial charge in [-0.2, -0.15) is 5.10 Å². The van der Waals surface area contributed by atoms with Crippen molar-refractivity contribution in [3.63, 3.8) is 0 Å². The van der Waals surface area contributed by atoms with Gasteiger partial charge in [0.05, 0.1) is 6.20 Å². The van der Waals surface area contributed by atoms with Crippen molar-refractivity contribution >= 4 is 5.91 Å². The Hall–Kier alpha value is -1.32. The Balaban J connectivity index is 1.56. The zero-order valence-electron chi connectivity index (χ0n) is 11.7. The largest absolute Gasteiger partial charge is 0.342 e. The second kappa shape index (κ2) is 5.35. The monoisotopic (exact) mass is 261 g/mol. The molecule has 1 N–H and O–H groups in total. The molecule has 2 fully saturated rings. The van der Waals surface area contributed by atoms with Crippen molar-refractivity contribution in [3.8, 4) is 0 Å². The Labute approximate surface area is 114 Å². The number of aromatic amines is 1. The van der Waals surface area contributed by atoms with Gasteiger partial charge in [0.15, 0.2) is 0 Å².